The third-order valence-electron chi connectivity index (χ3n) is 6.96. The second kappa shape index (κ2) is 9.82. The summed E-state index contributed by atoms with van der Waals surface area (Å²) >= 11 is 0. The van der Waals surface area contributed by atoms with Crippen molar-refractivity contribution in [3.63, 3.8) is 0 Å². The van der Waals surface area contributed by atoms with Gasteiger partial charge in [0.25, 0.3) is 5.91 Å². The fourth-order valence-corrected chi connectivity index (χ4v) is 4.99. The van der Waals surface area contributed by atoms with Crippen molar-refractivity contribution in [1.82, 2.24) is 20.1 Å². The standard InChI is InChI=1S/C25H34N4O2/c1-20(28-13-5-6-14-28)23(30)27-25(10-3-2-4-11-25)12-9-21-17-22(19-26-18-21)24(31)29-15-7-8-16-29/h17-20H,2-8,10-11,13-16H2,1H3,(H,27,30)/t20-/m0/s1. The molecule has 0 bridgehead atoms. The largest absolute Gasteiger partial charge is 0.339 e. The van der Waals surface area contributed by atoms with Gasteiger partial charge >= 0.3 is 0 Å². The van der Waals surface area contributed by atoms with Crippen LogP contribution < -0.4 is 5.32 Å². The molecule has 0 radical (unpaired) electrons. The number of aromatic nitrogens is 1. The van der Waals surface area contributed by atoms with Crippen molar-refractivity contribution in [2.45, 2.75) is 76.3 Å². The fourth-order valence-electron chi connectivity index (χ4n) is 4.99. The molecule has 1 N–H and O–H groups in total. The van der Waals surface area contributed by atoms with Gasteiger partial charge in [0.1, 0.15) is 5.54 Å². The molecule has 166 valence electrons. The van der Waals surface area contributed by atoms with Gasteiger partial charge in [-0.05, 0) is 64.6 Å². The lowest BCUT2D eigenvalue weighted by atomic mass is 9.81. The number of hydrogen-bond acceptors (Lipinski definition) is 4. The lowest BCUT2D eigenvalue weighted by Gasteiger charge is -2.35. The molecule has 1 aromatic rings. The van der Waals surface area contributed by atoms with Gasteiger partial charge < -0.3 is 10.2 Å². The van der Waals surface area contributed by atoms with Gasteiger partial charge in [0.05, 0.1) is 11.6 Å². The molecule has 4 rings (SSSR count). The molecular weight excluding hydrogens is 388 g/mol. The third kappa shape index (κ3) is 5.27. The van der Waals surface area contributed by atoms with Crippen molar-refractivity contribution >= 4 is 11.8 Å². The molecule has 2 saturated heterocycles. The monoisotopic (exact) mass is 422 g/mol. The van der Waals surface area contributed by atoms with E-state index in [1.54, 1.807) is 12.4 Å². The fraction of sp³-hybridized carbons (Fsp3) is 0.640. The predicted molar refractivity (Wildman–Crippen MR) is 120 cm³/mol. The molecule has 1 aromatic heterocycles. The summed E-state index contributed by atoms with van der Waals surface area (Å²) in [6.07, 6.45) is 12.9. The number of pyridine rings is 1. The molecule has 2 aliphatic heterocycles. The average molecular weight is 423 g/mol. The summed E-state index contributed by atoms with van der Waals surface area (Å²) in [6.45, 7) is 5.63. The number of likely N-dealkylation sites (tertiary alicyclic amines) is 2. The van der Waals surface area contributed by atoms with Crippen LogP contribution in [0, 0.1) is 11.8 Å². The Balaban J connectivity index is 1.50. The number of carbonyl (C=O) groups excluding carboxylic acids is 2. The number of rotatable bonds is 4. The second-order valence-electron chi connectivity index (χ2n) is 9.26. The van der Waals surface area contributed by atoms with E-state index in [0.717, 1.165) is 70.3 Å². The highest BCUT2D eigenvalue weighted by Crippen LogP contribution is 2.28. The smallest absolute Gasteiger partial charge is 0.255 e. The van der Waals surface area contributed by atoms with Crippen molar-refractivity contribution in [3.05, 3.63) is 29.6 Å². The van der Waals surface area contributed by atoms with Crippen molar-refractivity contribution < 1.29 is 9.59 Å². The van der Waals surface area contributed by atoms with E-state index in [2.05, 4.69) is 27.0 Å². The average Bonchev–Trinajstić information content (AvgIpc) is 3.52. The van der Waals surface area contributed by atoms with Gasteiger partial charge in [-0.25, -0.2) is 0 Å². The lowest BCUT2D eigenvalue weighted by molar-refractivity contribution is -0.127. The van der Waals surface area contributed by atoms with Crippen LogP contribution in [0.25, 0.3) is 0 Å². The molecule has 0 unspecified atom stereocenters. The Morgan fingerprint density at radius 2 is 1.68 bits per heavy atom. The first-order valence-electron chi connectivity index (χ1n) is 11.9. The number of nitrogens with one attached hydrogen (secondary N) is 1. The molecule has 6 heteroatoms. The SMILES string of the molecule is C[C@@H](C(=O)NC1(C#Cc2cncc(C(=O)N3CCCC3)c2)CCCCC1)N1CCCC1. The molecule has 0 aromatic carbocycles. The minimum Gasteiger partial charge on any atom is -0.339 e. The Hall–Kier alpha value is -2.39. The van der Waals surface area contributed by atoms with Crippen LogP contribution >= 0.6 is 0 Å². The van der Waals surface area contributed by atoms with Crippen LogP contribution in [0.1, 0.15) is 80.6 Å². The summed E-state index contributed by atoms with van der Waals surface area (Å²) in [5.41, 5.74) is 0.841. The Morgan fingerprint density at radius 3 is 2.39 bits per heavy atom. The van der Waals surface area contributed by atoms with Gasteiger partial charge in [-0.3, -0.25) is 19.5 Å². The Bertz CT molecular complexity index is 854. The molecule has 3 heterocycles. The summed E-state index contributed by atoms with van der Waals surface area (Å²) in [6, 6.07) is 1.72. The quantitative estimate of drug-likeness (QED) is 0.758. The molecular formula is C25H34N4O2. The number of hydrogen-bond donors (Lipinski definition) is 1. The Labute approximate surface area is 185 Å². The highest BCUT2D eigenvalue weighted by atomic mass is 16.2. The Morgan fingerprint density at radius 1 is 1.00 bits per heavy atom. The van der Waals surface area contributed by atoms with E-state index in [9.17, 15) is 9.59 Å². The van der Waals surface area contributed by atoms with Crippen LogP contribution in [0.3, 0.4) is 0 Å². The van der Waals surface area contributed by atoms with E-state index >= 15 is 0 Å². The van der Waals surface area contributed by atoms with Crippen LogP contribution in [0.2, 0.25) is 0 Å². The van der Waals surface area contributed by atoms with Crippen molar-refractivity contribution in [2.75, 3.05) is 26.2 Å². The lowest BCUT2D eigenvalue weighted by Crippen LogP contribution is -2.54. The molecule has 1 atom stereocenters. The number of amides is 2. The molecule has 2 amide bonds. The van der Waals surface area contributed by atoms with E-state index < -0.39 is 5.54 Å². The predicted octanol–water partition coefficient (Wildman–Crippen LogP) is 2.97. The van der Waals surface area contributed by atoms with Gasteiger partial charge in [-0.15, -0.1) is 0 Å². The minimum absolute atomic E-state index is 0.0359. The van der Waals surface area contributed by atoms with E-state index in [4.69, 9.17) is 0 Å². The molecule has 6 nitrogen and oxygen atoms in total. The number of nitrogens with zero attached hydrogens (tertiary/aromatic N) is 3. The van der Waals surface area contributed by atoms with Crippen LogP contribution in [0.4, 0.5) is 0 Å². The molecule has 1 saturated carbocycles. The molecule has 3 aliphatic rings. The van der Waals surface area contributed by atoms with Crippen LogP contribution in [-0.2, 0) is 4.79 Å². The van der Waals surface area contributed by atoms with Crippen molar-refractivity contribution in [2.24, 2.45) is 0 Å². The zero-order chi connectivity index (χ0) is 21.7. The summed E-state index contributed by atoms with van der Waals surface area (Å²) in [5.74, 6) is 6.76. The first-order chi connectivity index (χ1) is 15.1. The molecule has 0 spiro atoms. The topological polar surface area (TPSA) is 65.5 Å². The summed E-state index contributed by atoms with van der Waals surface area (Å²) in [5, 5.41) is 3.31. The van der Waals surface area contributed by atoms with E-state index in [1.807, 2.05) is 17.9 Å². The maximum atomic E-state index is 13.0. The van der Waals surface area contributed by atoms with Gasteiger partial charge in [0.2, 0.25) is 5.91 Å². The number of carbonyl (C=O) groups is 2. The maximum Gasteiger partial charge on any atom is 0.255 e. The van der Waals surface area contributed by atoms with Gasteiger partial charge in [-0.1, -0.05) is 31.1 Å². The normalized spacial score (nSPS) is 21.9. The molecule has 1 aliphatic carbocycles. The molecule has 3 fully saturated rings. The highest BCUT2D eigenvalue weighted by molar-refractivity contribution is 5.94. The van der Waals surface area contributed by atoms with E-state index in [0.29, 0.717) is 5.56 Å². The summed E-state index contributed by atoms with van der Waals surface area (Å²) in [7, 11) is 0. The summed E-state index contributed by atoms with van der Waals surface area (Å²) < 4.78 is 0. The van der Waals surface area contributed by atoms with Crippen LogP contribution in [0.5, 0.6) is 0 Å². The third-order valence-corrected chi connectivity index (χ3v) is 6.96. The maximum absolute atomic E-state index is 13.0. The Kier molecular flexibility index (Phi) is 6.92. The minimum atomic E-state index is -0.488. The van der Waals surface area contributed by atoms with Crippen molar-refractivity contribution in [1.29, 1.82) is 0 Å². The van der Waals surface area contributed by atoms with Crippen molar-refractivity contribution in [3.8, 4) is 11.8 Å². The van der Waals surface area contributed by atoms with Gasteiger partial charge in [0.15, 0.2) is 0 Å². The zero-order valence-electron chi connectivity index (χ0n) is 18.7. The highest BCUT2D eigenvalue weighted by Gasteiger charge is 2.34. The molecule has 31 heavy (non-hydrogen) atoms. The van der Waals surface area contributed by atoms with E-state index in [1.165, 1.54) is 19.3 Å². The first-order valence-corrected chi connectivity index (χ1v) is 11.9. The van der Waals surface area contributed by atoms with Crippen LogP contribution in [-0.4, -0.2) is 64.4 Å². The first kappa shape index (κ1) is 21.8. The van der Waals surface area contributed by atoms with Gasteiger partial charge in [0, 0.05) is 31.0 Å². The van der Waals surface area contributed by atoms with Gasteiger partial charge in [-0.2, -0.15) is 0 Å². The van der Waals surface area contributed by atoms with Crippen LogP contribution in [0.15, 0.2) is 18.5 Å². The zero-order valence-corrected chi connectivity index (χ0v) is 18.7. The summed E-state index contributed by atoms with van der Waals surface area (Å²) in [4.78, 5) is 34.1. The second-order valence-corrected chi connectivity index (χ2v) is 9.26. The van der Waals surface area contributed by atoms with E-state index in [-0.39, 0.29) is 17.9 Å².